The van der Waals surface area contributed by atoms with Gasteiger partial charge in [0, 0.05) is 36.1 Å². The van der Waals surface area contributed by atoms with Gasteiger partial charge in [0.1, 0.15) is 0 Å². The van der Waals surface area contributed by atoms with Gasteiger partial charge in [-0.05, 0) is 85.8 Å². The van der Waals surface area contributed by atoms with E-state index in [0.29, 0.717) is 24.2 Å². The summed E-state index contributed by atoms with van der Waals surface area (Å²) in [5.74, 6) is 2.02. The predicted octanol–water partition coefficient (Wildman–Crippen LogP) is 5.34. The monoisotopic (exact) mass is 426 g/mol. The van der Waals surface area contributed by atoms with Crippen LogP contribution in [0.2, 0.25) is 5.02 Å². The highest BCUT2D eigenvalue weighted by Gasteiger charge is 2.50. The van der Waals surface area contributed by atoms with Gasteiger partial charge in [0.05, 0.1) is 10.6 Å². The average Bonchev–Trinajstić information content (AvgIpc) is 3.45. The smallest absolute Gasteiger partial charge is 0.223 e. The molecule has 1 amide bonds. The number of nitrogens with zero attached hydrogens (tertiary/aromatic N) is 1. The lowest BCUT2D eigenvalue weighted by molar-refractivity contribution is -0.135. The van der Waals surface area contributed by atoms with Crippen molar-refractivity contribution in [2.75, 3.05) is 6.54 Å². The zero-order chi connectivity index (χ0) is 20.6. The second-order valence-corrected chi connectivity index (χ2v) is 11.1. The van der Waals surface area contributed by atoms with E-state index in [0.717, 1.165) is 53.7 Å². The van der Waals surface area contributed by atoms with Gasteiger partial charge in [-0.3, -0.25) is 4.79 Å². The Labute approximate surface area is 183 Å². The largest absolute Gasteiger partial charge is 0.390 e. The molecule has 5 atom stereocenters. The maximum Gasteiger partial charge on any atom is 0.223 e. The predicted molar refractivity (Wildman–Crippen MR) is 119 cm³/mol. The maximum atomic E-state index is 13.4. The van der Waals surface area contributed by atoms with E-state index in [1.54, 1.807) is 0 Å². The van der Waals surface area contributed by atoms with Crippen LogP contribution >= 0.6 is 11.6 Å². The molecule has 1 aromatic heterocycles. The Balaban J connectivity index is 1.25. The van der Waals surface area contributed by atoms with Crippen molar-refractivity contribution in [3.63, 3.8) is 0 Å². The van der Waals surface area contributed by atoms with Crippen LogP contribution in [0.25, 0.3) is 10.9 Å². The third-order valence-corrected chi connectivity index (χ3v) is 8.72. The number of hydrogen-bond donors (Lipinski definition) is 2. The van der Waals surface area contributed by atoms with Crippen LogP contribution in [0.3, 0.4) is 0 Å². The number of carbonyl (C=O) groups is 1. The molecule has 5 fully saturated rings. The molecule has 2 saturated heterocycles. The van der Waals surface area contributed by atoms with Crippen molar-refractivity contribution in [1.29, 1.82) is 0 Å². The van der Waals surface area contributed by atoms with Crippen molar-refractivity contribution in [3.05, 3.63) is 34.5 Å². The fourth-order valence-electron chi connectivity index (χ4n) is 6.97. The minimum Gasteiger partial charge on any atom is -0.390 e. The number of hydrogen-bond acceptors (Lipinski definition) is 2. The highest BCUT2D eigenvalue weighted by molar-refractivity contribution is 6.36. The van der Waals surface area contributed by atoms with Crippen molar-refractivity contribution in [1.82, 2.24) is 9.88 Å². The number of fused-ring (bicyclic) bond motifs is 2. The fraction of sp³-hybridized carbons (Fsp3) is 0.640. The van der Waals surface area contributed by atoms with E-state index in [2.05, 4.69) is 28.9 Å². The van der Waals surface area contributed by atoms with Crippen LogP contribution in [0, 0.1) is 11.8 Å². The number of amides is 1. The summed E-state index contributed by atoms with van der Waals surface area (Å²) in [7, 11) is 0. The van der Waals surface area contributed by atoms with E-state index in [9.17, 15) is 9.90 Å². The summed E-state index contributed by atoms with van der Waals surface area (Å²) >= 11 is 6.84. The van der Waals surface area contributed by atoms with E-state index in [4.69, 9.17) is 11.6 Å². The summed E-state index contributed by atoms with van der Waals surface area (Å²) < 4.78 is 0. The molecular formula is C25H31ClN2O2. The molecule has 5 heteroatoms. The Morgan fingerprint density at radius 1 is 1.27 bits per heavy atom. The number of aromatic amines is 1. The van der Waals surface area contributed by atoms with Crippen molar-refractivity contribution in [2.45, 2.75) is 81.8 Å². The first kappa shape index (κ1) is 19.2. The molecule has 4 nitrogen and oxygen atoms in total. The third kappa shape index (κ3) is 3.10. The number of rotatable bonds is 4. The van der Waals surface area contributed by atoms with Gasteiger partial charge in [-0.1, -0.05) is 24.6 Å². The van der Waals surface area contributed by atoms with Crippen molar-refractivity contribution in [3.8, 4) is 0 Å². The van der Waals surface area contributed by atoms with Crippen LogP contribution in [-0.2, 0) is 4.79 Å². The van der Waals surface area contributed by atoms with Gasteiger partial charge in [-0.25, -0.2) is 0 Å². The molecule has 5 unspecified atom stereocenters. The molecule has 2 aliphatic heterocycles. The topological polar surface area (TPSA) is 56.3 Å². The van der Waals surface area contributed by atoms with E-state index >= 15 is 0 Å². The number of benzene rings is 1. The summed E-state index contributed by atoms with van der Waals surface area (Å²) in [5, 5.41) is 13.0. The van der Waals surface area contributed by atoms with Gasteiger partial charge in [-0.2, -0.15) is 0 Å². The zero-order valence-corrected chi connectivity index (χ0v) is 18.4. The standard InChI is InChI=1S/C25H31ClN2O2/c1-14(20-12-27-21-5-4-19(17-2-3-17)24(26)23(20)21)6-22(29)28-13-16-7-15-8-18(28)11-25(30,9-15)10-16/h4-5,12,14-18,27,30H,2-3,6-11,13H2,1H3. The summed E-state index contributed by atoms with van der Waals surface area (Å²) in [4.78, 5) is 18.9. The molecule has 1 aromatic carbocycles. The highest BCUT2D eigenvalue weighted by atomic mass is 35.5. The number of H-pyrrole nitrogens is 1. The molecule has 2 N–H and O–H groups in total. The molecule has 0 spiro atoms. The third-order valence-electron chi connectivity index (χ3n) is 8.31. The Morgan fingerprint density at radius 3 is 2.83 bits per heavy atom. The molecular weight excluding hydrogens is 396 g/mol. The van der Waals surface area contributed by atoms with Gasteiger partial charge in [-0.15, -0.1) is 0 Å². The van der Waals surface area contributed by atoms with Crippen LogP contribution in [0.4, 0.5) is 0 Å². The number of carbonyl (C=O) groups excluding carboxylic acids is 1. The van der Waals surface area contributed by atoms with Gasteiger partial charge in [0.2, 0.25) is 5.91 Å². The lowest BCUT2D eigenvalue weighted by atomic mass is 9.65. The first-order valence-corrected chi connectivity index (χ1v) is 12.1. The van der Waals surface area contributed by atoms with Gasteiger partial charge in [0.15, 0.2) is 0 Å². The highest BCUT2D eigenvalue weighted by Crippen LogP contribution is 2.50. The molecule has 30 heavy (non-hydrogen) atoms. The van der Waals surface area contributed by atoms with Gasteiger partial charge in [0.25, 0.3) is 0 Å². The van der Waals surface area contributed by atoms with Crippen LogP contribution in [0.15, 0.2) is 18.3 Å². The number of aliphatic hydroxyl groups is 1. The van der Waals surface area contributed by atoms with E-state index < -0.39 is 5.60 Å². The molecule has 4 bridgehead atoms. The quantitative estimate of drug-likeness (QED) is 0.692. The first-order valence-electron chi connectivity index (χ1n) is 11.7. The van der Waals surface area contributed by atoms with Crippen LogP contribution in [0.5, 0.6) is 0 Å². The summed E-state index contributed by atoms with van der Waals surface area (Å²) in [5.41, 5.74) is 2.95. The number of halogens is 1. The Bertz CT molecular complexity index is 1010. The van der Waals surface area contributed by atoms with Gasteiger partial charge < -0.3 is 15.0 Å². The van der Waals surface area contributed by atoms with Gasteiger partial charge >= 0.3 is 0 Å². The molecule has 3 saturated carbocycles. The van der Waals surface area contributed by atoms with Crippen molar-refractivity contribution >= 4 is 28.4 Å². The molecule has 7 rings (SSSR count). The summed E-state index contributed by atoms with van der Waals surface area (Å²) in [6.07, 6.45) is 9.84. The zero-order valence-electron chi connectivity index (χ0n) is 17.7. The molecule has 3 heterocycles. The summed E-state index contributed by atoms with van der Waals surface area (Å²) in [6, 6.07) is 4.51. The first-order chi connectivity index (χ1) is 14.4. The minimum atomic E-state index is -0.527. The molecule has 5 aliphatic rings. The van der Waals surface area contributed by atoms with E-state index in [1.807, 2.05) is 6.20 Å². The van der Waals surface area contributed by atoms with Crippen LogP contribution < -0.4 is 0 Å². The molecule has 160 valence electrons. The number of nitrogens with one attached hydrogen (secondary N) is 1. The van der Waals surface area contributed by atoms with Crippen molar-refractivity contribution in [2.24, 2.45) is 11.8 Å². The van der Waals surface area contributed by atoms with E-state index in [1.165, 1.54) is 24.8 Å². The summed E-state index contributed by atoms with van der Waals surface area (Å²) in [6.45, 7) is 2.98. The van der Waals surface area contributed by atoms with E-state index in [-0.39, 0.29) is 17.9 Å². The van der Waals surface area contributed by atoms with Crippen LogP contribution in [-0.4, -0.2) is 39.1 Å². The van der Waals surface area contributed by atoms with Crippen molar-refractivity contribution < 1.29 is 9.90 Å². The minimum absolute atomic E-state index is 0.110. The lowest BCUT2D eigenvalue weighted by Crippen LogP contribution is -2.48. The second kappa shape index (κ2) is 6.74. The second-order valence-electron chi connectivity index (χ2n) is 10.8. The maximum absolute atomic E-state index is 13.4. The Morgan fingerprint density at radius 2 is 2.07 bits per heavy atom. The fourth-order valence-corrected chi connectivity index (χ4v) is 7.40. The molecule has 0 radical (unpaired) electrons. The lowest BCUT2D eigenvalue weighted by Gasteiger charge is -2.45. The Hall–Kier alpha value is -1.52. The SMILES string of the molecule is CC(CC(=O)N1CC2CC3CC1CC(O)(C3)C2)c1c[nH]c2ccc(C3CC3)c(Cl)c12. The molecule has 2 aromatic rings. The van der Waals surface area contributed by atoms with Crippen LogP contribution in [0.1, 0.15) is 81.3 Å². The average molecular weight is 427 g/mol. The molecule has 3 aliphatic carbocycles. The Kier molecular flexibility index (Phi) is 4.31. The number of aromatic nitrogens is 1. The normalized spacial score (nSPS) is 33.8.